The number of benzene rings is 1. The molecule has 0 heterocycles. The highest BCUT2D eigenvalue weighted by Crippen LogP contribution is 2.21. The number of rotatable bonds is 4. The van der Waals surface area contributed by atoms with Crippen molar-refractivity contribution in [3.63, 3.8) is 0 Å². The van der Waals surface area contributed by atoms with Gasteiger partial charge in [-0.3, -0.25) is 0 Å². The van der Waals surface area contributed by atoms with E-state index < -0.39 is 5.97 Å². The monoisotopic (exact) mass is 332 g/mol. The van der Waals surface area contributed by atoms with Gasteiger partial charge in [0.15, 0.2) is 0 Å². The van der Waals surface area contributed by atoms with Crippen LogP contribution in [-0.2, 0) is 0 Å². The highest BCUT2D eigenvalue weighted by atomic mass is 127. The third-order valence-electron chi connectivity index (χ3n) is 1.90. The molecule has 0 aliphatic rings. The summed E-state index contributed by atoms with van der Waals surface area (Å²) in [6.45, 7) is 4.33. The van der Waals surface area contributed by atoms with Crippen LogP contribution in [0.25, 0.3) is 0 Å². The van der Waals surface area contributed by atoms with Gasteiger partial charge in [0.2, 0.25) is 0 Å². The number of halogens is 1. The van der Waals surface area contributed by atoms with E-state index in [-0.39, 0.29) is 5.56 Å². The number of ether oxygens (including phenoxy) is 1. The molecule has 0 radical (unpaired) electrons. The molecule has 86 valence electrons. The Balaban J connectivity index is 2.87. The maximum atomic E-state index is 11.0. The average Bonchev–Trinajstić information content (AvgIpc) is 2.19. The molecule has 0 amide bonds. The molecule has 0 saturated heterocycles. The fourth-order valence-corrected chi connectivity index (χ4v) is 1.58. The van der Waals surface area contributed by atoms with E-state index in [1.807, 2.05) is 26.0 Å². The molecule has 0 spiro atoms. The lowest BCUT2D eigenvalue weighted by molar-refractivity contribution is 0.0692. The van der Waals surface area contributed by atoms with Gasteiger partial charge in [0.1, 0.15) is 17.9 Å². The molecule has 0 fully saturated rings. The van der Waals surface area contributed by atoms with Crippen LogP contribution in [0, 0.1) is 3.57 Å². The normalized spacial score (nSPS) is 9.69. The Kier molecular flexibility index (Phi) is 4.79. The molecule has 3 nitrogen and oxygen atoms in total. The van der Waals surface area contributed by atoms with E-state index in [4.69, 9.17) is 9.84 Å². The fourth-order valence-electron chi connectivity index (χ4n) is 1.09. The molecule has 1 aromatic rings. The topological polar surface area (TPSA) is 46.5 Å². The molecule has 4 heteroatoms. The van der Waals surface area contributed by atoms with Gasteiger partial charge in [0.25, 0.3) is 0 Å². The largest absolute Gasteiger partial charge is 0.489 e. The number of carboxylic acid groups (broad SMARTS) is 1. The van der Waals surface area contributed by atoms with Crippen molar-refractivity contribution in [2.24, 2.45) is 0 Å². The molecule has 0 aliphatic heterocycles. The minimum absolute atomic E-state index is 0.203. The molecule has 0 bridgehead atoms. The minimum atomic E-state index is -0.967. The van der Waals surface area contributed by atoms with Crippen molar-refractivity contribution in [3.05, 3.63) is 39.0 Å². The SMILES string of the molecule is CC(C)=CCOc1ccc(I)cc1C(=O)O. The zero-order chi connectivity index (χ0) is 12.1. The van der Waals surface area contributed by atoms with Crippen molar-refractivity contribution in [1.29, 1.82) is 0 Å². The first-order chi connectivity index (χ1) is 7.50. The molecule has 1 N–H and O–H groups in total. The van der Waals surface area contributed by atoms with Gasteiger partial charge in [-0.25, -0.2) is 4.79 Å². The van der Waals surface area contributed by atoms with E-state index in [2.05, 4.69) is 22.6 Å². The first-order valence-corrected chi connectivity index (χ1v) is 5.87. The maximum absolute atomic E-state index is 11.0. The summed E-state index contributed by atoms with van der Waals surface area (Å²) in [5.41, 5.74) is 1.34. The van der Waals surface area contributed by atoms with Crippen LogP contribution in [0.5, 0.6) is 5.75 Å². The summed E-state index contributed by atoms with van der Waals surface area (Å²) in [6.07, 6.45) is 1.91. The van der Waals surface area contributed by atoms with E-state index in [0.29, 0.717) is 12.4 Å². The number of carbonyl (C=O) groups is 1. The van der Waals surface area contributed by atoms with E-state index in [0.717, 1.165) is 9.14 Å². The van der Waals surface area contributed by atoms with Crippen LogP contribution in [0.2, 0.25) is 0 Å². The Bertz CT molecular complexity index is 420. The summed E-state index contributed by atoms with van der Waals surface area (Å²) in [5, 5.41) is 9.00. The van der Waals surface area contributed by atoms with Crippen molar-refractivity contribution in [1.82, 2.24) is 0 Å². The van der Waals surface area contributed by atoms with E-state index >= 15 is 0 Å². The second kappa shape index (κ2) is 5.89. The van der Waals surface area contributed by atoms with Crippen LogP contribution in [0.3, 0.4) is 0 Å². The number of aromatic carboxylic acids is 1. The zero-order valence-corrected chi connectivity index (χ0v) is 11.3. The Morgan fingerprint density at radius 3 is 2.75 bits per heavy atom. The first kappa shape index (κ1) is 13.0. The Morgan fingerprint density at radius 1 is 1.50 bits per heavy atom. The summed E-state index contributed by atoms with van der Waals surface area (Å²) in [7, 11) is 0. The lowest BCUT2D eigenvalue weighted by Gasteiger charge is -2.07. The van der Waals surface area contributed by atoms with Crippen LogP contribution in [0.1, 0.15) is 24.2 Å². The standard InChI is InChI=1S/C12H13IO3/c1-8(2)5-6-16-11-4-3-9(13)7-10(11)12(14)15/h3-5,7H,6H2,1-2H3,(H,14,15). The molecule has 1 aromatic carbocycles. The second-order valence-electron chi connectivity index (χ2n) is 3.54. The predicted octanol–water partition coefficient (Wildman–Crippen LogP) is 3.33. The molecule has 1 rings (SSSR count). The summed E-state index contributed by atoms with van der Waals surface area (Å²) >= 11 is 2.07. The van der Waals surface area contributed by atoms with Crippen LogP contribution in [0.15, 0.2) is 29.8 Å². The lowest BCUT2D eigenvalue weighted by atomic mass is 10.2. The zero-order valence-electron chi connectivity index (χ0n) is 9.16. The summed E-state index contributed by atoms with van der Waals surface area (Å²) in [4.78, 5) is 11.0. The van der Waals surface area contributed by atoms with Gasteiger partial charge in [-0.05, 0) is 60.7 Å². The highest BCUT2D eigenvalue weighted by molar-refractivity contribution is 14.1. The molecular formula is C12H13IO3. The Morgan fingerprint density at radius 2 is 2.19 bits per heavy atom. The first-order valence-electron chi connectivity index (χ1n) is 4.79. The van der Waals surface area contributed by atoms with Crippen molar-refractivity contribution in [3.8, 4) is 5.75 Å². The molecule has 0 aliphatic carbocycles. The number of hydrogen-bond donors (Lipinski definition) is 1. The quantitative estimate of drug-likeness (QED) is 0.680. The smallest absolute Gasteiger partial charge is 0.339 e. The molecule has 0 unspecified atom stereocenters. The van der Waals surface area contributed by atoms with Crippen LogP contribution in [0.4, 0.5) is 0 Å². The second-order valence-corrected chi connectivity index (χ2v) is 4.78. The van der Waals surface area contributed by atoms with Crippen molar-refractivity contribution < 1.29 is 14.6 Å². The van der Waals surface area contributed by atoms with Gasteiger partial charge in [-0.2, -0.15) is 0 Å². The Labute approximate surface area is 108 Å². The third kappa shape index (κ3) is 3.84. The van der Waals surface area contributed by atoms with Gasteiger partial charge in [0.05, 0.1) is 0 Å². The van der Waals surface area contributed by atoms with Crippen LogP contribution < -0.4 is 4.74 Å². The summed E-state index contributed by atoms with van der Waals surface area (Å²) in [5.74, 6) is -0.559. The van der Waals surface area contributed by atoms with E-state index in [1.165, 1.54) is 0 Å². The lowest BCUT2D eigenvalue weighted by Crippen LogP contribution is -2.03. The summed E-state index contributed by atoms with van der Waals surface area (Å²) < 4.78 is 6.28. The Hall–Kier alpha value is -1.04. The average molecular weight is 332 g/mol. The van der Waals surface area contributed by atoms with Gasteiger partial charge in [0, 0.05) is 3.57 Å². The van der Waals surface area contributed by atoms with Gasteiger partial charge in [-0.15, -0.1) is 0 Å². The van der Waals surface area contributed by atoms with Crippen LogP contribution >= 0.6 is 22.6 Å². The minimum Gasteiger partial charge on any atom is -0.489 e. The molecule has 0 saturated carbocycles. The van der Waals surface area contributed by atoms with Crippen molar-refractivity contribution in [2.45, 2.75) is 13.8 Å². The van der Waals surface area contributed by atoms with Crippen molar-refractivity contribution >= 4 is 28.6 Å². The van der Waals surface area contributed by atoms with E-state index in [9.17, 15) is 4.79 Å². The predicted molar refractivity (Wildman–Crippen MR) is 71.0 cm³/mol. The van der Waals surface area contributed by atoms with Gasteiger partial charge < -0.3 is 9.84 Å². The number of hydrogen-bond acceptors (Lipinski definition) is 2. The van der Waals surface area contributed by atoms with Crippen molar-refractivity contribution in [2.75, 3.05) is 6.61 Å². The molecule has 16 heavy (non-hydrogen) atoms. The number of carboxylic acids is 1. The fraction of sp³-hybridized carbons (Fsp3) is 0.250. The number of allylic oxidation sites excluding steroid dienone is 1. The summed E-state index contributed by atoms with van der Waals surface area (Å²) in [6, 6.07) is 5.11. The third-order valence-corrected chi connectivity index (χ3v) is 2.57. The maximum Gasteiger partial charge on any atom is 0.339 e. The van der Waals surface area contributed by atoms with E-state index in [1.54, 1.807) is 12.1 Å². The van der Waals surface area contributed by atoms with Gasteiger partial charge in [-0.1, -0.05) is 5.57 Å². The van der Waals surface area contributed by atoms with Crippen LogP contribution in [-0.4, -0.2) is 17.7 Å². The molecule has 0 aromatic heterocycles. The molecule has 0 atom stereocenters. The highest BCUT2D eigenvalue weighted by Gasteiger charge is 2.11. The van der Waals surface area contributed by atoms with Gasteiger partial charge >= 0.3 is 5.97 Å². The molecular weight excluding hydrogens is 319 g/mol.